The summed E-state index contributed by atoms with van der Waals surface area (Å²) in [5.74, 6) is 0.215. The van der Waals surface area contributed by atoms with Gasteiger partial charge in [0.25, 0.3) is 0 Å². The number of Topliss-reactive ketones (excluding diaryl/α,β-unsaturated/α-hetero) is 1. The summed E-state index contributed by atoms with van der Waals surface area (Å²) in [4.78, 5) is 15.7. The topological polar surface area (TPSA) is 66.5 Å². The van der Waals surface area contributed by atoms with E-state index < -0.39 is 22.8 Å². The van der Waals surface area contributed by atoms with Crippen LogP contribution in [0.3, 0.4) is 0 Å². The fourth-order valence-electron chi connectivity index (χ4n) is 6.86. The molecule has 152 valence electrons. The maximum Gasteiger partial charge on any atom is 0.222 e. The Balaban J connectivity index is 1.89. The Labute approximate surface area is 164 Å². The Morgan fingerprint density at radius 1 is 1.18 bits per heavy atom. The minimum atomic E-state index is -1.16. The van der Waals surface area contributed by atoms with Crippen molar-refractivity contribution in [3.63, 3.8) is 0 Å². The van der Waals surface area contributed by atoms with Crippen LogP contribution in [0.25, 0.3) is 0 Å². The summed E-state index contributed by atoms with van der Waals surface area (Å²) in [7, 11) is 8.58. The molecule has 2 bridgehead atoms. The third-order valence-corrected chi connectivity index (χ3v) is 7.75. The molecule has 0 unspecified atom stereocenters. The number of ketones is 1. The minimum absolute atomic E-state index is 0.00801. The van der Waals surface area contributed by atoms with Crippen LogP contribution in [0.15, 0.2) is 12.1 Å². The zero-order chi connectivity index (χ0) is 19.9. The van der Waals surface area contributed by atoms with Crippen LogP contribution in [0, 0.1) is 0 Å². The molecule has 7 heteroatoms. The fourth-order valence-corrected chi connectivity index (χ4v) is 6.86. The highest BCUT2D eigenvalue weighted by atomic mass is 16.7. The van der Waals surface area contributed by atoms with E-state index in [0.717, 1.165) is 30.5 Å². The summed E-state index contributed by atoms with van der Waals surface area (Å²) >= 11 is 0. The average molecular weight is 389 g/mol. The lowest BCUT2D eigenvalue weighted by atomic mass is 9.50. The molecular formula is C21H27NO6. The molecule has 2 aliphatic carbocycles. The molecule has 2 saturated heterocycles. The molecule has 7 nitrogen and oxygen atoms in total. The maximum atomic E-state index is 13.3. The van der Waals surface area contributed by atoms with Crippen molar-refractivity contribution in [3.8, 4) is 11.5 Å². The number of likely N-dealkylation sites (tertiary alicyclic amines) is 1. The van der Waals surface area contributed by atoms with Gasteiger partial charge in [0, 0.05) is 38.0 Å². The monoisotopic (exact) mass is 389 g/mol. The number of ether oxygens (including phenoxy) is 5. The predicted octanol–water partition coefficient (Wildman–Crippen LogP) is 1.82. The maximum absolute atomic E-state index is 13.3. The molecule has 0 N–H and O–H groups in total. The van der Waals surface area contributed by atoms with Gasteiger partial charge in [-0.15, -0.1) is 0 Å². The largest absolute Gasteiger partial charge is 0.493 e. The van der Waals surface area contributed by atoms with Crippen LogP contribution < -0.4 is 9.47 Å². The van der Waals surface area contributed by atoms with Crippen molar-refractivity contribution in [1.29, 1.82) is 0 Å². The Morgan fingerprint density at radius 3 is 2.61 bits per heavy atom. The number of likely N-dealkylation sites (N-methyl/N-ethyl adjacent to an activating group) is 1. The SMILES string of the molecule is COc1ccc2c(c1OC)[C@@]13CCN(C)[C@@]14C[C@@H]2O[C@@]4(OC)[C@H](OC)C(=O)C3. The molecule has 2 aliphatic heterocycles. The lowest BCUT2D eigenvalue weighted by molar-refractivity contribution is -0.309. The van der Waals surface area contributed by atoms with E-state index in [1.54, 1.807) is 28.4 Å². The van der Waals surface area contributed by atoms with E-state index in [2.05, 4.69) is 18.0 Å². The van der Waals surface area contributed by atoms with Crippen LogP contribution >= 0.6 is 0 Å². The fraction of sp³-hybridized carbons (Fsp3) is 0.667. The highest BCUT2D eigenvalue weighted by Gasteiger charge is 2.82. The summed E-state index contributed by atoms with van der Waals surface area (Å²) in [6.07, 6.45) is 0.981. The second-order valence-electron chi connectivity index (χ2n) is 8.32. The molecule has 3 fully saturated rings. The molecule has 1 saturated carbocycles. The van der Waals surface area contributed by atoms with Crippen LogP contribution in [0.2, 0.25) is 0 Å². The number of methoxy groups -OCH3 is 4. The third-order valence-electron chi connectivity index (χ3n) is 7.75. The molecule has 5 rings (SSSR count). The van der Waals surface area contributed by atoms with E-state index >= 15 is 0 Å². The number of hydrogen-bond donors (Lipinski definition) is 0. The van der Waals surface area contributed by atoms with Crippen LogP contribution in [0.4, 0.5) is 0 Å². The molecule has 1 aromatic carbocycles. The van der Waals surface area contributed by atoms with Gasteiger partial charge < -0.3 is 23.7 Å². The molecule has 0 radical (unpaired) electrons. The van der Waals surface area contributed by atoms with E-state index in [-0.39, 0.29) is 11.9 Å². The van der Waals surface area contributed by atoms with Gasteiger partial charge in [0.1, 0.15) is 0 Å². The summed E-state index contributed by atoms with van der Waals surface area (Å²) in [6.45, 7) is 0.838. The van der Waals surface area contributed by atoms with E-state index in [9.17, 15) is 4.79 Å². The van der Waals surface area contributed by atoms with Gasteiger partial charge >= 0.3 is 0 Å². The highest BCUT2D eigenvalue weighted by molar-refractivity contribution is 5.89. The lowest BCUT2D eigenvalue weighted by Gasteiger charge is -2.59. The average Bonchev–Trinajstić information content (AvgIpc) is 3.20. The number of fused-ring (bicyclic) bond motifs is 3. The predicted molar refractivity (Wildman–Crippen MR) is 99.8 cm³/mol. The van der Waals surface area contributed by atoms with Gasteiger partial charge in [-0.2, -0.15) is 0 Å². The van der Waals surface area contributed by atoms with E-state index in [4.69, 9.17) is 23.7 Å². The van der Waals surface area contributed by atoms with Crippen molar-refractivity contribution in [2.24, 2.45) is 0 Å². The Hall–Kier alpha value is -1.67. The first-order valence-corrected chi connectivity index (χ1v) is 9.71. The smallest absolute Gasteiger partial charge is 0.222 e. The second kappa shape index (κ2) is 5.69. The minimum Gasteiger partial charge on any atom is -0.493 e. The van der Waals surface area contributed by atoms with Gasteiger partial charge in [0.2, 0.25) is 5.79 Å². The van der Waals surface area contributed by atoms with Crippen molar-refractivity contribution in [2.75, 3.05) is 42.0 Å². The van der Waals surface area contributed by atoms with Crippen molar-refractivity contribution in [1.82, 2.24) is 4.90 Å². The zero-order valence-electron chi connectivity index (χ0n) is 17.0. The normalized spacial score (nSPS) is 41.0. The first-order chi connectivity index (χ1) is 13.5. The molecule has 0 aromatic heterocycles. The molecule has 0 amide bonds. The second-order valence-corrected chi connectivity index (χ2v) is 8.32. The van der Waals surface area contributed by atoms with E-state index in [1.807, 2.05) is 6.07 Å². The summed E-state index contributed by atoms with van der Waals surface area (Å²) in [5, 5.41) is 0. The molecule has 1 spiro atoms. The number of rotatable bonds is 4. The van der Waals surface area contributed by atoms with Crippen LogP contribution in [-0.4, -0.2) is 70.1 Å². The van der Waals surface area contributed by atoms with Crippen LogP contribution in [0.1, 0.15) is 36.5 Å². The molecule has 1 aromatic rings. The lowest BCUT2D eigenvalue weighted by Crippen LogP contribution is -2.76. The van der Waals surface area contributed by atoms with Gasteiger partial charge in [0.05, 0.1) is 25.9 Å². The first kappa shape index (κ1) is 18.4. The standard InChI is InChI=1S/C21H27NO6/c1-22-9-8-19-10-13(23)18(26-4)21(27-5)20(19,22)11-15(28-21)12-6-7-14(24-2)17(25-3)16(12)19/h6-7,15,18H,8-11H2,1-5H3/t15-,18+,19-,20-,21-/m0/s1. The molecule has 4 aliphatic rings. The van der Waals surface area contributed by atoms with Crippen LogP contribution in [0.5, 0.6) is 11.5 Å². The molecule has 28 heavy (non-hydrogen) atoms. The van der Waals surface area contributed by atoms with Crippen molar-refractivity contribution in [2.45, 2.75) is 48.2 Å². The highest BCUT2D eigenvalue weighted by Crippen LogP contribution is 2.72. The summed E-state index contributed by atoms with van der Waals surface area (Å²) < 4.78 is 29.9. The Morgan fingerprint density at radius 2 is 1.96 bits per heavy atom. The Bertz CT molecular complexity index is 858. The molecular weight excluding hydrogens is 362 g/mol. The van der Waals surface area contributed by atoms with Gasteiger partial charge in [-0.1, -0.05) is 6.07 Å². The first-order valence-electron chi connectivity index (χ1n) is 9.71. The van der Waals surface area contributed by atoms with Crippen molar-refractivity contribution >= 4 is 5.78 Å². The van der Waals surface area contributed by atoms with E-state index in [1.165, 1.54) is 0 Å². The number of benzene rings is 1. The molecule has 5 atom stereocenters. The van der Waals surface area contributed by atoms with Crippen molar-refractivity contribution in [3.05, 3.63) is 23.3 Å². The van der Waals surface area contributed by atoms with Crippen LogP contribution in [-0.2, 0) is 24.4 Å². The number of hydrogen-bond acceptors (Lipinski definition) is 7. The van der Waals surface area contributed by atoms with Gasteiger partial charge in [-0.25, -0.2) is 0 Å². The summed E-state index contributed by atoms with van der Waals surface area (Å²) in [5.41, 5.74) is 1.11. The zero-order valence-corrected chi connectivity index (χ0v) is 17.0. The quantitative estimate of drug-likeness (QED) is 0.778. The van der Waals surface area contributed by atoms with E-state index in [0.29, 0.717) is 17.9 Å². The Kier molecular flexibility index (Phi) is 3.73. The van der Waals surface area contributed by atoms with Gasteiger partial charge in [-0.3, -0.25) is 9.69 Å². The number of carbonyl (C=O) groups is 1. The van der Waals surface area contributed by atoms with Crippen molar-refractivity contribution < 1.29 is 28.5 Å². The van der Waals surface area contributed by atoms with Gasteiger partial charge in [-0.05, 0) is 31.6 Å². The third kappa shape index (κ3) is 1.66. The van der Waals surface area contributed by atoms with Gasteiger partial charge in [0.15, 0.2) is 23.4 Å². The summed E-state index contributed by atoms with van der Waals surface area (Å²) in [6, 6.07) is 3.97. The number of nitrogens with zero attached hydrogens (tertiary/aromatic N) is 1. The number of carbonyl (C=O) groups excluding carboxylic acids is 1. The molecule has 2 heterocycles.